The summed E-state index contributed by atoms with van der Waals surface area (Å²) in [5.41, 5.74) is 1.21. The van der Waals surface area contributed by atoms with Gasteiger partial charge in [-0.25, -0.2) is 23.1 Å². The van der Waals surface area contributed by atoms with Crippen molar-refractivity contribution in [1.29, 1.82) is 0 Å². The molecule has 0 bridgehead atoms. The first kappa shape index (κ1) is 19.2. The topological polar surface area (TPSA) is 101 Å². The summed E-state index contributed by atoms with van der Waals surface area (Å²) in [5, 5.41) is 2.75. The fraction of sp³-hybridized carbons (Fsp3) is 0.312. The van der Waals surface area contributed by atoms with E-state index in [0.29, 0.717) is 17.8 Å². The molecule has 25 heavy (non-hydrogen) atoms. The normalized spacial score (nSPS) is 11.1. The minimum Gasteiger partial charge on any atom is -0.326 e. The third kappa shape index (κ3) is 6.02. The Morgan fingerprint density at radius 1 is 1.20 bits per heavy atom. The van der Waals surface area contributed by atoms with Crippen molar-refractivity contribution in [2.45, 2.75) is 24.7 Å². The Bertz CT molecular complexity index is 824. The highest BCUT2D eigenvalue weighted by atomic mass is 32.2. The zero-order valence-corrected chi connectivity index (χ0v) is 15.7. The van der Waals surface area contributed by atoms with Crippen molar-refractivity contribution in [1.82, 2.24) is 9.97 Å². The van der Waals surface area contributed by atoms with Crippen LogP contribution in [0, 0.1) is 6.92 Å². The number of thioether (sulfide) groups is 1. The van der Waals surface area contributed by atoms with E-state index in [1.165, 1.54) is 18.3 Å². The molecular formula is C16H20N4O3S2. The van der Waals surface area contributed by atoms with Crippen molar-refractivity contribution in [3.63, 3.8) is 0 Å². The molecule has 0 radical (unpaired) electrons. The molecule has 0 spiro atoms. The third-order valence-electron chi connectivity index (χ3n) is 3.22. The maximum absolute atomic E-state index is 12.3. The Hall–Kier alpha value is -2.13. The van der Waals surface area contributed by atoms with Crippen molar-refractivity contribution in [2.24, 2.45) is 0 Å². The molecule has 0 aliphatic heterocycles. The van der Waals surface area contributed by atoms with Crippen molar-refractivity contribution in [3.05, 3.63) is 42.2 Å². The van der Waals surface area contributed by atoms with Crippen LogP contribution in [0.25, 0.3) is 0 Å². The van der Waals surface area contributed by atoms with Crippen LogP contribution in [0.3, 0.4) is 0 Å². The van der Waals surface area contributed by atoms with Gasteiger partial charge < -0.3 is 5.32 Å². The number of aryl methyl sites for hydroxylation is 1. The first-order valence-electron chi connectivity index (χ1n) is 7.62. The van der Waals surface area contributed by atoms with E-state index in [2.05, 4.69) is 20.0 Å². The Morgan fingerprint density at radius 2 is 1.92 bits per heavy atom. The average molecular weight is 380 g/mol. The van der Waals surface area contributed by atoms with Crippen LogP contribution in [0.15, 0.2) is 41.4 Å². The van der Waals surface area contributed by atoms with Gasteiger partial charge in [0.15, 0.2) is 0 Å². The Balaban J connectivity index is 2.02. The second-order valence-electron chi connectivity index (χ2n) is 5.30. The maximum Gasteiger partial charge on any atom is 0.264 e. The molecule has 1 aromatic carbocycles. The Labute approximate surface area is 151 Å². The molecule has 1 heterocycles. The molecule has 9 heteroatoms. The van der Waals surface area contributed by atoms with Gasteiger partial charge in [0, 0.05) is 24.0 Å². The molecule has 1 amide bonds. The quantitative estimate of drug-likeness (QED) is 0.683. The summed E-state index contributed by atoms with van der Waals surface area (Å²) in [6.45, 7) is 1.75. The number of aromatic nitrogens is 2. The van der Waals surface area contributed by atoms with E-state index in [1.807, 2.05) is 6.26 Å². The zero-order chi connectivity index (χ0) is 18.3. The smallest absolute Gasteiger partial charge is 0.264 e. The van der Waals surface area contributed by atoms with Crippen LogP contribution in [0.2, 0.25) is 0 Å². The third-order valence-corrected chi connectivity index (χ3v) is 5.26. The van der Waals surface area contributed by atoms with Gasteiger partial charge in [-0.1, -0.05) is 0 Å². The molecule has 0 aliphatic carbocycles. The highest BCUT2D eigenvalue weighted by molar-refractivity contribution is 7.98. The highest BCUT2D eigenvalue weighted by Crippen LogP contribution is 2.17. The lowest BCUT2D eigenvalue weighted by atomic mass is 10.3. The van der Waals surface area contributed by atoms with Gasteiger partial charge in [0.25, 0.3) is 10.0 Å². The molecule has 7 nitrogen and oxygen atoms in total. The lowest BCUT2D eigenvalue weighted by molar-refractivity contribution is -0.116. The van der Waals surface area contributed by atoms with Crippen LogP contribution in [-0.4, -0.2) is 36.3 Å². The summed E-state index contributed by atoms with van der Waals surface area (Å²) < 4.78 is 27.0. The summed E-state index contributed by atoms with van der Waals surface area (Å²) in [5.74, 6) is 0.860. The van der Waals surface area contributed by atoms with Crippen LogP contribution in [-0.2, 0) is 14.8 Å². The first-order chi connectivity index (χ1) is 11.9. The molecule has 1 aromatic heterocycles. The summed E-state index contributed by atoms with van der Waals surface area (Å²) in [7, 11) is -3.78. The van der Waals surface area contributed by atoms with Gasteiger partial charge in [-0.2, -0.15) is 11.8 Å². The van der Waals surface area contributed by atoms with Crippen molar-refractivity contribution in [3.8, 4) is 0 Å². The number of nitrogens with zero attached hydrogens (tertiary/aromatic N) is 2. The van der Waals surface area contributed by atoms with Crippen LogP contribution >= 0.6 is 11.8 Å². The second-order valence-corrected chi connectivity index (χ2v) is 7.96. The number of carbonyl (C=O) groups excluding carboxylic acids is 1. The van der Waals surface area contributed by atoms with E-state index in [0.717, 1.165) is 12.2 Å². The molecule has 0 saturated heterocycles. The van der Waals surface area contributed by atoms with Crippen molar-refractivity contribution < 1.29 is 13.2 Å². The lowest BCUT2D eigenvalue weighted by Gasteiger charge is -2.09. The fourth-order valence-corrected chi connectivity index (χ4v) is 3.38. The SMILES string of the molecule is CSCCCC(=O)Nc1ccc(S(=O)(=O)Nc2nccc(C)n2)cc1. The minimum absolute atomic E-state index is 0.0196. The number of nitrogens with one attached hydrogen (secondary N) is 2. The van der Waals surface area contributed by atoms with Crippen molar-refractivity contribution in [2.75, 3.05) is 22.0 Å². The predicted octanol–water partition coefficient (Wildman–Crippen LogP) is 2.67. The van der Waals surface area contributed by atoms with Crippen molar-refractivity contribution >= 4 is 39.3 Å². The number of benzene rings is 1. The van der Waals surface area contributed by atoms with Gasteiger partial charge >= 0.3 is 0 Å². The van der Waals surface area contributed by atoms with E-state index in [9.17, 15) is 13.2 Å². The van der Waals surface area contributed by atoms with E-state index in [-0.39, 0.29) is 16.8 Å². The number of carbonyl (C=O) groups is 1. The molecule has 0 atom stereocenters. The molecule has 0 unspecified atom stereocenters. The molecule has 0 fully saturated rings. The van der Waals surface area contributed by atoms with Gasteiger partial charge in [-0.05, 0) is 55.7 Å². The number of rotatable bonds is 8. The maximum atomic E-state index is 12.3. The van der Waals surface area contributed by atoms with Gasteiger partial charge in [0.1, 0.15) is 0 Å². The fourth-order valence-electron chi connectivity index (χ4n) is 2.00. The number of hydrogen-bond acceptors (Lipinski definition) is 6. The summed E-state index contributed by atoms with van der Waals surface area (Å²) in [6.07, 6.45) is 4.72. The highest BCUT2D eigenvalue weighted by Gasteiger charge is 2.15. The predicted molar refractivity (Wildman–Crippen MR) is 100 cm³/mol. The molecule has 2 N–H and O–H groups in total. The lowest BCUT2D eigenvalue weighted by Crippen LogP contribution is -2.15. The average Bonchev–Trinajstić information content (AvgIpc) is 2.55. The molecule has 0 aliphatic rings. The van der Waals surface area contributed by atoms with Crippen LogP contribution < -0.4 is 10.0 Å². The largest absolute Gasteiger partial charge is 0.326 e. The summed E-state index contributed by atoms with van der Waals surface area (Å²) >= 11 is 1.69. The van der Waals surface area contributed by atoms with Crippen LogP contribution in [0.4, 0.5) is 11.6 Å². The molecule has 0 saturated carbocycles. The molecule has 2 aromatic rings. The first-order valence-corrected chi connectivity index (χ1v) is 10.5. The van der Waals surface area contributed by atoms with Gasteiger partial charge in [-0.15, -0.1) is 0 Å². The Morgan fingerprint density at radius 3 is 2.56 bits per heavy atom. The number of amides is 1. The number of anilines is 2. The summed E-state index contributed by atoms with van der Waals surface area (Å²) in [6, 6.07) is 7.63. The number of sulfonamides is 1. The van der Waals surface area contributed by atoms with E-state index in [4.69, 9.17) is 0 Å². The molecular weight excluding hydrogens is 360 g/mol. The summed E-state index contributed by atoms with van der Waals surface area (Å²) in [4.78, 5) is 19.7. The zero-order valence-electron chi connectivity index (χ0n) is 14.0. The standard InChI is InChI=1S/C16H20N4O3S2/c1-12-9-10-17-16(18-12)20-25(22,23)14-7-5-13(6-8-14)19-15(21)4-3-11-24-2/h5-10H,3-4,11H2,1-2H3,(H,19,21)(H,17,18,20). The minimum atomic E-state index is -3.78. The van der Waals surface area contributed by atoms with Crippen LogP contribution in [0.1, 0.15) is 18.5 Å². The number of hydrogen-bond donors (Lipinski definition) is 2. The van der Waals surface area contributed by atoms with E-state index < -0.39 is 10.0 Å². The molecule has 134 valence electrons. The van der Waals surface area contributed by atoms with Gasteiger partial charge in [0.05, 0.1) is 4.90 Å². The van der Waals surface area contributed by atoms with E-state index >= 15 is 0 Å². The monoisotopic (exact) mass is 380 g/mol. The second kappa shape index (κ2) is 8.82. The van der Waals surface area contributed by atoms with E-state index in [1.54, 1.807) is 36.9 Å². The van der Waals surface area contributed by atoms with Crippen LogP contribution in [0.5, 0.6) is 0 Å². The molecule has 2 rings (SSSR count). The van der Waals surface area contributed by atoms with Gasteiger partial charge in [-0.3, -0.25) is 4.79 Å². The van der Waals surface area contributed by atoms with Gasteiger partial charge in [0.2, 0.25) is 11.9 Å². The Kier molecular flexibility index (Phi) is 6.77.